The minimum atomic E-state index is -0.140. The Morgan fingerprint density at radius 1 is 0.390 bits per heavy atom. The molecule has 2 aliphatic rings. The minimum Gasteiger partial charge on any atom is -0.455 e. The fraction of sp³-hybridized carbons (Fsp3) is 0.221. The third kappa shape index (κ3) is 9.10. The maximum Gasteiger partial charge on any atom is 0.252 e. The number of furan rings is 1. The molecular formula is C77H74BN3O. The van der Waals surface area contributed by atoms with Crippen LogP contribution in [0.15, 0.2) is 223 Å². The van der Waals surface area contributed by atoms with Gasteiger partial charge in [0.25, 0.3) is 6.71 Å². The van der Waals surface area contributed by atoms with Crippen molar-refractivity contribution in [3.8, 4) is 22.3 Å². The Morgan fingerprint density at radius 3 is 1.49 bits per heavy atom. The Kier molecular flexibility index (Phi) is 12.6. The lowest BCUT2D eigenvalue weighted by atomic mass is 9.33. The standard InChI is InChI=1S/C77H74BN3O/c1-13-77(11,12)56-47-69-72-70(48-56)81(59-35-26-51(27-36-59)62-23-19-24-64-63-22-17-18-25-71(63)82-73(62)64)68-49-61(79(57-37-29-53(30-38-57)74(2,3)4)58-39-31-54(32-40-58)75(5,6)7)43-44-65(68)78(72)66-46-52(50-20-15-14-16-21-50)28-45-67(66)80(69)60-41-33-55(34-42-60)76(8,9)10/h14-49H,13H2,1-12H3. The first-order chi connectivity index (χ1) is 39.2. The molecule has 1 aromatic heterocycles. The molecule has 13 rings (SSSR count). The second-order valence-electron chi connectivity index (χ2n) is 26.7. The Bertz CT molecular complexity index is 4150. The summed E-state index contributed by atoms with van der Waals surface area (Å²) in [4.78, 5) is 7.61. The second kappa shape index (κ2) is 19.6. The first-order valence-corrected chi connectivity index (χ1v) is 29.5. The first kappa shape index (κ1) is 52.8. The van der Waals surface area contributed by atoms with E-state index in [-0.39, 0.29) is 28.4 Å². The Balaban J connectivity index is 1.09. The van der Waals surface area contributed by atoms with Crippen molar-refractivity contribution in [2.75, 3.05) is 14.7 Å². The molecule has 0 fully saturated rings. The number of nitrogens with zero attached hydrogens (tertiary/aromatic N) is 3. The zero-order valence-electron chi connectivity index (χ0n) is 49.8. The van der Waals surface area contributed by atoms with Crippen molar-refractivity contribution in [2.45, 2.75) is 111 Å². The van der Waals surface area contributed by atoms with E-state index in [2.05, 4.69) is 310 Å². The summed E-state index contributed by atoms with van der Waals surface area (Å²) in [5.41, 5.74) is 25.7. The summed E-state index contributed by atoms with van der Waals surface area (Å²) >= 11 is 0. The van der Waals surface area contributed by atoms with Crippen LogP contribution in [0.1, 0.15) is 112 Å². The van der Waals surface area contributed by atoms with Crippen molar-refractivity contribution in [1.82, 2.24) is 0 Å². The number of fused-ring (bicyclic) bond motifs is 7. The summed E-state index contributed by atoms with van der Waals surface area (Å²) in [6, 6.07) is 82.5. The lowest BCUT2D eigenvalue weighted by Crippen LogP contribution is -2.61. The number of hydrogen-bond acceptors (Lipinski definition) is 4. The molecule has 82 heavy (non-hydrogen) atoms. The van der Waals surface area contributed by atoms with Gasteiger partial charge in [-0.1, -0.05) is 217 Å². The molecule has 0 saturated heterocycles. The quantitative estimate of drug-likeness (QED) is 0.134. The number of rotatable bonds is 9. The molecule has 0 spiro atoms. The van der Waals surface area contributed by atoms with Crippen LogP contribution in [0.2, 0.25) is 0 Å². The highest BCUT2D eigenvalue weighted by atomic mass is 16.3. The molecule has 10 aromatic carbocycles. The molecule has 0 N–H and O–H groups in total. The highest BCUT2D eigenvalue weighted by Crippen LogP contribution is 2.49. The van der Waals surface area contributed by atoms with Gasteiger partial charge in [0, 0.05) is 67.5 Å². The molecule has 0 amide bonds. The van der Waals surface area contributed by atoms with Crippen LogP contribution in [0.5, 0.6) is 0 Å². The van der Waals surface area contributed by atoms with Crippen LogP contribution in [-0.2, 0) is 21.7 Å². The summed E-state index contributed by atoms with van der Waals surface area (Å²) in [6.07, 6.45) is 0.978. The van der Waals surface area contributed by atoms with E-state index >= 15 is 0 Å². The van der Waals surface area contributed by atoms with Gasteiger partial charge in [0.2, 0.25) is 0 Å². The second-order valence-corrected chi connectivity index (χ2v) is 26.7. The van der Waals surface area contributed by atoms with Crippen LogP contribution in [0.4, 0.5) is 51.2 Å². The fourth-order valence-corrected chi connectivity index (χ4v) is 12.6. The normalized spacial score (nSPS) is 13.3. The Hall–Kier alpha value is -8.54. The molecular weight excluding hydrogens is 994 g/mol. The van der Waals surface area contributed by atoms with Gasteiger partial charge in [0.15, 0.2) is 0 Å². The molecule has 0 aliphatic carbocycles. The van der Waals surface area contributed by atoms with Gasteiger partial charge in [-0.05, 0) is 168 Å². The van der Waals surface area contributed by atoms with E-state index in [4.69, 9.17) is 4.42 Å². The lowest BCUT2D eigenvalue weighted by molar-refractivity contribution is 0.506. The molecule has 4 nitrogen and oxygen atoms in total. The molecule has 5 heteroatoms. The van der Waals surface area contributed by atoms with Gasteiger partial charge in [-0.25, -0.2) is 0 Å². The van der Waals surface area contributed by atoms with E-state index in [0.29, 0.717) is 0 Å². The van der Waals surface area contributed by atoms with Crippen molar-refractivity contribution in [3.05, 3.63) is 241 Å². The van der Waals surface area contributed by atoms with Crippen LogP contribution >= 0.6 is 0 Å². The summed E-state index contributed by atoms with van der Waals surface area (Å²) in [7, 11) is 0. The Morgan fingerprint density at radius 2 is 0.902 bits per heavy atom. The largest absolute Gasteiger partial charge is 0.455 e. The predicted octanol–water partition coefficient (Wildman–Crippen LogP) is 20.1. The average Bonchev–Trinajstić information content (AvgIpc) is 3.95. The molecule has 2 aliphatic heterocycles. The molecule has 3 heterocycles. The summed E-state index contributed by atoms with van der Waals surface area (Å²) in [5, 5.41) is 2.26. The van der Waals surface area contributed by atoms with Crippen molar-refractivity contribution < 1.29 is 4.42 Å². The Labute approximate surface area is 486 Å². The van der Waals surface area contributed by atoms with E-state index in [1.54, 1.807) is 0 Å². The molecule has 0 atom stereocenters. The maximum atomic E-state index is 6.65. The van der Waals surface area contributed by atoms with E-state index < -0.39 is 0 Å². The summed E-state index contributed by atoms with van der Waals surface area (Å²) in [6.45, 7) is 27.7. The molecule has 0 radical (unpaired) electrons. The van der Waals surface area contributed by atoms with Gasteiger partial charge in [-0.2, -0.15) is 0 Å². The van der Waals surface area contributed by atoms with Gasteiger partial charge in [0.1, 0.15) is 11.2 Å². The molecule has 11 aromatic rings. The number of para-hydroxylation sites is 2. The van der Waals surface area contributed by atoms with E-state index in [0.717, 1.165) is 73.6 Å². The van der Waals surface area contributed by atoms with Gasteiger partial charge < -0.3 is 19.1 Å². The average molecular weight is 1070 g/mol. The van der Waals surface area contributed by atoms with Crippen LogP contribution < -0.4 is 31.1 Å². The third-order valence-corrected chi connectivity index (χ3v) is 17.9. The lowest BCUT2D eigenvalue weighted by Gasteiger charge is -2.45. The van der Waals surface area contributed by atoms with E-state index in [1.807, 2.05) is 6.07 Å². The zero-order valence-corrected chi connectivity index (χ0v) is 49.8. The van der Waals surface area contributed by atoms with Crippen LogP contribution in [0.25, 0.3) is 44.2 Å². The van der Waals surface area contributed by atoms with E-state index in [1.165, 1.54) is 66.8 Å². The molecule has 406 valence electrons. The molecule has 0 unspecified atom stereocenters. The first-order valence-electron chi connectivity index (χ1n) is 29.5. The van der Waals surface area contributed by atoms with E-state index in [9.17, 15) is 0 Å². The maximum absolute atomic E-state index is 6.65. The van der Waals surface area contributed by atoms with Crippen molar-refractivity contribution in [1.29, 1.82) is 0 Å². The van der Waals surface area contributed by atoms with Crippen molar-refractivity contribution in [2.24, 2.45) is 0 Å². The third-order valence-electron chi connectivity index (χ3n) is 17.9. The minimum absolute atomic E-state index is 0.0107. The summed E-state index contributed by atoms with van der Waals surface area (Å²) < 4.78 is 6.65. The fourth-order valence-electron chi connectivity index (χ4n) is 12.6. The SMILES string of the molecule is CCC(C)(C)c1cc2c3c(c1)N(c1ccc(-c4cccc5c4oc4ccccc45)cc1)c1cc(N(c4ccc(C(C)(C)C)cc4)c4ccc(C(C)(C)C)cc4)ccc1B3c1cc(-c3ccccc3)ccc1N2c1ccc(C(C)(C)C)cc1. The van der Waals surface area contributed by atoms with Crippen molar-refractivity contribution in [3.63, 3.8) is 0 Å². The number of benzene rings is 10. The highest BCUT2D eigenvalue weighted by Gasteiger charge is 2.45. The van der Waals surface area contributed by atoms with Crippen LogP contribution in [0, 0.1) is 0 Å². The zero-order chi connectivity index (χ0) is 57.0. The highest BCUT2D eigenvalue weighted by molar-refractivity contribution is 7.00. The van der Waals surface area contributed by atoms with Crippen molar-refractivity contribution >= 4 is 96.2 Å². The van der Waals surface area contributed by atoms with Gasteiger partial charge in [-0.3, -0.25) is 0 Å². The molecule has 0 bridgehead atoms. The van der Waals surface area contributed by atoms with Gasteiger partial charge >= 0.3 is 0 Å². The van der Waals surface area contributed by atoms with Crippen LogP contribution in [-0.4, -0.2) is 6.71 Å². The molecule has 0 saturated carbocycles. The van der Waals surface area contributed by atoms with Crippen LogP contribution in [0.3, 0.4) is 0 Å². The smallest absolute Gasteiger partial charge is 0.252 e. The number of anilines is 9. The summed E-state index contributed by atoms with van der Waals surface area (Å²) in [5.74, 6) is 0. The number of hydrogen-bond donors (Lipinski definition) is 0. The van der Waals surface area contributed by atoms with Gasteiger partial charge in [0.05, 0.1) is 0 Å². The topological polar surface area (TPSA) is 22.9 Å². The van der Waals surface area contributed by atoms with Gasteiger partial charge in [-0.15, -0.1) is 0 Å². The monoisotopic (exact) mass is 1070 g/mol. The predicted molar refractivity (Wildman–Crippen MR) is 353 cm³/mol.